The standard InChI is InChI=1S/C17H24N4S/c1-12-6-5-7-13(10-12)20-16(18)19-9-8-15-21-14(11-22-15)17(2,3)4/h5-7,10-11H,8-9H2,1-4H3,(H3,18,19,20). The fourth-order valence-corrected chi connectivity index (χ4v) is 2.97. The highest BCUT2D eigenvalue weighted by atomic mass is 32.1. The van der Waals surface area contributed by atoms with Crippen LogP contribution >= 0.6 is 11.3 Å². The molecule has 0 fully saturated rings. The van der Waals surface area contributed by atoms with Crippen molar-refractivity contribution in [3.05, 3.63) is 45.9 Å². The van der Waals surface area contributed by atoms with Crippen molar-refractivity contribution in [3.63, 3.8) is 0 Å². The number of nitrogens with zero attached hydrogens (tertiary/aromatic N) is 2. The van der Waals surface area contributed by atoms with Crippen LogP contribution < -0.4 is 11.1 Å². The summed E-state index contributed by atoms with van der Waals surface area (Å²) in [6.07, 6.45) is 0.816. The lowest BCUT2D eigenvalue weighted by atomic mass is 9.93. The van der Waals surface area contributed by atoms with Crippen molar-refractivity contribution in [2.75, 3.05) is 11.9 Å². The van der Waals surface area contributed by atoms with Crippen LogP contribution in [0.15, 0.2) is 34.6 Å². The summed E-state index contributed by atoms with van der Waals surface area (Å²) < 4.78 is 0. The summed E-state index contributed by atoms with van der Waals surface area (Å²) in [5, 5.41) is 6.35. The van der Waals surface area contributed by atoms with Gasteiger partial charge in [-0.25, -0.2) is 4.98 Å². The average Bonchev–Trinajstić information content (AvgIpc) is 2.87. The van der Waals surface area contributed by atoms with E-state index in [9.17, 15) is 0 Å². The number of rotatable bonds is 4. The van der Waals surface area contributed by atoms with Crippen molar-refractivity contribution in [3.8, 4) is 0 Å². The third-order valence-corrected chi connectivity index (χ3v) is 4.13. The highest BCUT2D eigenvalue weighted by molar-refractivity contribution is 7.09. The number of benzene rings is 1. The molecule has 0 atom stereocenters. The van der Waals surface area contributed by atoms with Gasteiger partial charge >= 0.3 is 0 Å². The molecule has 5 heteroatoms. The molecule has 0 aliphatic rings. The van der Waals surface area contributed by atoms with Crippen LogP contribution in [-0.2, 0) is 11.8 Å². The van der Waals surface area contributed by atoms with Gasteiger partial charge in [-0.3, -0.25) is 4.99 Å². The van der Waals surface area contributed by atoms with Crippen LogP contribution in [0.1, 0.15) is 37.0 Å². The molecular weight excluding hydrogens is 292 g/mol. The molecule has 4 nitrogen and oxygen atoms in total. The molecular formula is C17H24N4S. The van der Waals surface area contributed by atoms with E-state index in [0.717, 1.165) is 22.8 Å². The van der Waals surface area contributed by atoms with E-state index in [1.165, 1.54) is 5.56 Å². The number of hydrogen-bond donors (Lipinski definition) is 2. The van der Waals surface area contributed by atoms with E-state index in [2.05, 4.69) is 41.4 Å². The van der Waals surface area contributed by atoms with E-state index in [-0.39, 0.29) is 5.41 Å². The molecule has 0 bridgehead atoms. The maximum absolute atomic E-state index is 5.92. The minimum atomic E-state index is 0.101. The van der Waals surface area contributed by atoms with Crippen LogP contribution in [0.2, 0.25) is 0 Å². The van der Waals surface area contributed by atoms with Crippen molar-refractivity contribution in [1.29, 1.82) is 0 Å². The Kier molecular flexibility index (Phi) is 5.19. The van der Waals surface area contributed by atoms with E-state index >= 15 is 0 Å². The molecule has 3 N–H and O–H groups in total. The maximum atomic E-state index is 5.92. The molecule has 0 spiro atoms. The smallest absolute Gasteiger partial charge is 0.193 e. The Morgan fingerprint density at radius 2 is 2.14 bits per heavy atom. The molecule has 0 amide bonds. The zero-order valence-electron chi connectivity index (χ0n) is 13.7. The fraction of sp³-hybridized carbons (Fsp3) is 0.412. The van der Waals surface area contributed by atoms with Crippen LogP contribution in [0.5, 0.6) is 0 Å². The van der Waals surface area contributed by atoms with Gasteiger partial charge in [0.25, 0.3) is 0 Å². The van der Waals surface area contributed by atoms with Crippen LogP contribution in [0, 0.1) is 6.92 Å². The van der Waals surface area contributed by atoms with Crippen LogP contribution in [0.25, 0.3) is 0 Å². The molecule has 0 unspecified atom stereocenters. The Hall–Kier alpha value is -1.88. The second kappa shape index (κ2) is 6.92. The summed E-state index contributed by atoms with van der Waals surface area (Å²) in [4.78, 5) is 9.03. The number of aliphatic imine (C=N–C) groups is 1. The van der Waals surface area contributed by atoms with Gasteiger partial charge in [-0.05, 0) is 24.6 Å². The number of guanidine groups is 1. The number of nitrogens with two attached hydrogens (primary N) is 1. The Morgan fingerprint density at radius 1 is 1.36 bits per heavy atom. The van der Waals surface area contributed by atoms with Gasteiger partial charge in [0.05, 0.1) is 10.7 Å². The first-order valence-corrected chi connectivity index (χ1v) is 8.31. The van der Waals surface area contributed by atoms with Crippen LogP contribution in [0.3, 0.4) is 0 Å². The molecule has 2 rings (SSSR count). The highest BCUT2D eigenvalue weighted by Crippen LogP contribution is 2.24. The average molecular weight is 316 g/mol. The molecule has 1 aromatic heterocycles. The predicted molar refractivity (Wildman–Crippen MR) is 95.8 cm³/mol. The van der Waals surface area contributed by atoms with Gasteiger partial charge in [0, 0.05) is 29.4 Å². The monoisotopic (exact) mass is 316 g/mol. The Bertz CT molecular complexity index is 653. The number of thiazole rings is 1. The summed E-state index contributed by atoms with van der Waals surface area (Å²) in [7, 11) is 0. The summed E-state index contributed by atoms with van der Waals surface area (Å²) in [5.41, 5.74) is 9.31. The topological polar surface area (TPSA) is 63.3 Å². The fourth-order valence-electron chi connectivity index (χ4n) is 1.95. The zero-order valence-corrected chi connectivity index (χ0v) is 14.5. The third kappa shape index (κ3) is 4.84. The SMILES string of the molecule is Cc1cccc(NC(N)=NCCc2nc(C(C)(C)C)cs2)c1. The number of aromatic nitrogens is 1. The number of aryl methyl sites for hydroxylation is 1. The van der Waals surface area contributed by atoms with Crippen LogP contribution in [0.4, 0.5) is 5.69 Å². The van der Waals surface area contributed by atoms with E-state index in [4.69, 9.17) is 5.73 Å². The first-order chi connectivity index (χ1) is 10.3. The van der Waals surface area contributed by atoms with Crippen molar-refractivity contribution < 1.29 is 0 Å². The van der Waals surface area contributed by atoms with Gasteiger partial charge in [0.1, 0.15) is 0 Å². The normalized spacial score (nSPS) is 12.5. The van der Waals surface area contributed by atoms with Gasteiger partial charge in [-0.2, -0.15) is 0 Å². The van der Waals surface area contributed by atoms with E-state index in [0.29, 0.717) is 12.5 Å². The lowest BCUT2D eigenvalue weighted by Gasteiger charge is -2.14. The maximum Gasteiger partial charge on any atom is 0.193 e. The zero-order chi connectivity index (χ0) is 16.2. The third-order valence-electron chi connectivity index (χ3n) is 3.22. The first-order valence-electron chi connectivity index (χ1n) is 7.43. The molecule has 22 heavy (non-hydrogen) atoms. The number of hydrogen-bond acceptors (Lipinski definition) is 3. The van der Waals surface area contributed by atoms with Crippen LogP contribution in [-0.4, -0.2) is 17.5 Å². The quantitative estimate of drug-likeness (QED) is 0.667. The van der Waals surface area contributed by atoms with Gasteiger partial charge in [-0.15, -0.1) is 11.3 Å². The molecule has 118 valence electrons. The Labute approximate surface area is 136 Å². The molecule has 0 saturated heterocycles. The minimum absolute atomic E-state index is 0.101. The van der Waals surface area contributed by atoms with E-state index in [1.807, 2.05) is 31.2 Å². The van der Waals surface area contributed by atoms with Crippen molar-refractivity contribution >= 4 is 23.0 Å². The van der Waals surface area contributed by atoms with Gasteiger partial charge < -0.3 is 11.1 Å². The van der Waals surface area contributed by atoms with E-state index in [1.54, 1.807) is 11.3 Å². The molecule has 0 saturated carbocycles. The summed E-state index contributed by atoms with van der Waals surface area (Å²) in [5.74, 6) is 0.443. The molecule has 0 radical (unpaired) electrons. The molecule has 1 heterocycles. The summed E-state index contributed by atoms with van der Waals surface area (Å²) >= 11 is 1.69. The summed E-state index contributed by atoms with van der Waals surface area (Å²) in [6, 6.07) is 8.06. The van der Waals surface area contributed by atoms with Crippen molar-refractivity contribution in [2.45, 2.75) is 39.5 Å². The second-order valence-electron chi connectivity index (χ2n) is 6.39. The lowest BCUT2D eigenvalue weighted by molar-refractivity contribution is 0.571. The van der Waals surface area contributed by atoms with E-state index < -0.39 is 0 Å². The molecule has 0 aliphatic heterocycles. The Morgan fingerprint density at radius 3 is 2.77 bits per heavy atom. The summed E-state index contributed by atoms with van der Waals surface area (Å²) in [6.45, 7) is 9.21. The second-order valence-corrected chi connectivity index (χ2v) is 7.33. The van der Waals surface area contributed by atoms with Crippen molar-refractivity contribution in [1.82, 2.24) is 4.98 Å². The predicted octanol–water partition coefficient (Wildman–Crippen LogP) is 3.72. The number of nitrogens with one attached hydrogen (secondary N) is 1. The molecule has 1 aromatic carbocycles. The highest BCUT2D eigenvalue weighted by Gasteiger charge is 2.17. The molecule has 2 aromatic rings. The number of anilines is 1. The molecule has 0 aliphatic carbocycles. The minimum Gasteiger partial charge on any atom is -0.370 e. The lowest BCUT2D eigenvalue weighted by Crippen LogP contribution is -2.23. The first kappa shape index (κ1) is 16.5. The largest absolute Gasteiger partial charge is 0.370 e. The van der Waals surface area contributed by atoms with Gasteiger partial charge in [0.2, 0.25) is 0 Å². The van der Waals surface area contributed by atoms with Crippen molar-refractivity contribution in [2.24, 2.45) is 10.7 Å². The Balaban J connectivity index is 1.88. The van der Waals surface area contributed by atoms with Gasteiger partial charge in [-0.1, -0.05) is 32.9 Å². The van der Waals surface area contributed by atoms with Gasteiger partial charge in [0.15, 0.2) is 5.96 Å².